The van der Waals surface area contributed by atoms with E-state index in [1.54, 1.807) is 0 Å². The van der Waals surface area contributed by atoms with Gasteiger partial charge in [-0.3, -0.25) is 10.00 Å². The maximum Gasteiger partial charge on any atom is 0.159 e. The summed E-state index contributed by atoms with van der Waals surface area (Å²) < 4.78 is 0. The highest BCUT2D eigenvalue weighted by Gasteiger charge is 2.32. The highest BCUT2D eigenvalue weighted by Crippen LogP contribution is 2.31. The minimum Gasteiger partial charge on any atom is -0.380 e. The number of imidazole rings is 1. The van der Waals surface area contributed by atoms with E-state index in [9.17, 15) is 0 Å². The third-order valence-corrected chi connectivity index (χ3v) is 5.99. The normalized spacial score (nSPS) is 22.6. The van der Waals surface area contributed by atoms with Gasteiger partial charge in [0.15, 0.2) is 5.82 Å². The minimum atomic E-state index is 0.395. The number of aryl methyl sites for hydroxylation is 1. The molecule has 4 rings (SSSR count). The van der Waals surface area contributed by atoms with Gasteiger partial charge in [0.2, 0.25) is 0 Å². The third kappa shape index (κ3) is 3.99. The van der Waals surface area contributed by atoms with E-state index in [0.29, 0.717) is 24.5 Å². The quantitative estimate of drug-likeness (QED) is 0.585. The van der Waals surface area contributed by atoms with Gasteiger partial charge < -0.3 is 10.3 Å². The molecule has 0 unspecified atom stereocenters. The van der Waals surface area contributed by atoms with E-state index in [1.165, 1.54) is 0 Å². The molecule has 152 valence electrons. The van der Waals surface area contributed by atoms with Gasteiger partial charge in [0.1, 0.15) is 11.2 Å². The number of para-hydroxylation sites is 1. The van der Waals surface area contributed by atoms with Crippen LogP contribution in [0.5, 0.6) is 0 Å². The van der Waals surface area contributed by atoms with Crippen LogP contribution in [0.1, 0.15) is 45.2 Å². The van der Waals surface area contributed by atoms with Gasteiger partial charge in [-0.05, 0) is 51.3 Å². The Morgan fingerprint density at radius 3 is 2.93 bits per heavy atom. The SMILES string of the molecule is CC[C@@H]1C[C@@H](Nc2cccc3[nH]c(-c4cc(C)[nH]n4)nc23)C[C@H](C)N1CCC#N. The lowest BCUT2D eigenvalue weighted by Crippen LogP contribution is -2.51. The molecule has 1 aliphatic heterocycles. The lowest BCUT2D eigenvalue weighted by Gasteiger charge is -2.44. The van der Waals surface area contributed by atoms with Gasteiger partial charge in [-0.2, -0.15) is 10.4 Å². The van der Waals surface area contributed by atoms with Crippen LogP contribution in [0, 0.1) is 18.3 Å². The Kier molecular flexibility index (Phi) is 5.54. The molecule has 1 aromatic carbocycles. The number of fused-ring (bicyclic) bond motifs is 1. The summed E-state index contributed by atoms with van der Waals surface area (Å²) in [6.07, 6.45) is 3.84. The smallest absolute Gasteiger partial charge is 0.159 e. The number of anilines is 1. The summed E-state index contributed by atoms with van der Waals surface area (Å²) in [4.78, 5) is 10.7. The van der Waals surface area contributed by atoms with Crippen LogP contribution in [0.15, 0.2) is 24.3 Å². The average molecular weight is 392 g/mol. The molecular formula is C22H29N7. The number of nitrogens with one attached hydrogen (secondary N) is 3. The van der Waals surface area contributed by atoms with Crippen molar-refractivity contribution in [1.82, 2.24) is 25.1 Å². The number of nitriles is 1. The molecule has 2 aromatic heterocycles. The molecule has 1 aliphatic rings. The minimum absolute atomic E-state index is 0.395. The van der Waals surface area contributed by atoms with Gasteiger partial charge in [0, 0.05) is 36.8 Å². The summed E-state index contributed by atoms with van der Waals surface area (Å²) in [7, 11) is 0. The van der Waals surface area contributed by atoms with Gasteiger partial charge in [-0.25, -0.2) is 4.98 Å². The summed E-state index contributed by atoms with van der Waals surface area (Å²) in [6, 6.07) is 11.9. The molecule has 1 saturated heterocycles. The molecule has 3 aromatic rings. The Balaban J connectivity index is 1.55. The average Bonchev–Trinajstić information content (AvgIpc) is 3.33. The summed E-state index contributed by atoms with van der Waals surface area (Å²) in [6.45, 7) is 7.37. The van der Waals surface area contributed by atoms with Crippen molar-refractivity contribution in [3.8, 4) is 17.6 Å². The summed E-state index contributed by atoms with van der Waals surface area (Å²) >= 11 is 0. The van der Waals surface area contributed by atoms with Gasteiger partial charge >= 0.3 is 0 Å². The van der Waals surface area contributed by atoms with Crippen LogP contribution in [-0.2, 0) is 0 Å². The summed E-state index contributed by atoms with van der Waals surface area (Å²) in [5.74, 6) is 0.782. The van der Waals surface area contributed by atoms with Crippen molar-refractivity contribution in [3.63, 3.8) is 0 Å². The zero-order valence-electron chi connectivity index (χ0n) is 17.4. The predicted octanol–water partition coefficient (Wildman–Crippen LogP) is 4.22. The van der Waals surface area contributed by atoms with Crippen LogP contribution >= 0.6 is 0 Å². The van der Waals surface area contributed by atoms with E-state index in [1.807, 2.05) is 13.0 Å². The second-order valence-corrected chi connectivity index (χ2v) is 8.09. The van der Waals surface area contributed by atoms with Crippen LogP contribution in [0.2, 0.25) is 0 Å². The number of hydrogen-bond acceptors (Lipinski definition) is 5. The first-order valence-electron chi connectivity index (χ1n) is 10.5. The van der Waals surface area contributed by atoms with E-state index >= 15 is 0 Å². The van der Waals surface area contributed by atoms with Gasteiger partial charge in [-0.15, -0.1) is 0 Å². The summed E-state index contributed by atoms with van der Waals surface area (Å²) in [5, 5.41) is 20.0. The number of rotatable bonds is 6. The molecule has 0 amide bonds. The Labute approximate surface area is 171 Å². The fourth-order valence-corrected chi connectivity index (χ4v) is 4.60. The molecule has 29 heavy (non-hydrogen) atoms. The van der Waals surface area contributed by atoms with Gasteiger partial charge in [-0.1, -0.05) is 13.0 Å². The molecule has 7 nitrogen and oxygen atoms in total. The Bertz CT molecular complexity index is 1010. The topological polar surface area (TPSA) is 96.4 Å². The van der Waals surface area contributed by atoms with Crippen LogP contribution in [-0.4, -0.2) is 49.7 Å². The van der Waals surface area contributed by atoms with Crippen molar-refractivity contribution in [2.75, 3.05) is 11.9 Å². The van der Waals surface area contributed by atoms with E-state index in [4.69, 9.17) is 10.2 Å². The molecule has 3 heterocycles. The zero-order chi connectivity index (χ0) is 20.4. The maximum atomic E-state index is 8.97. The first kappa shape index (κ1) is 19.5. The van der Waals surface area contributed by atoms with E-state index in [-0.39, 0.29) is 0 Å². The fourth-order valence-electron chi connectivity index (χ4n) is 4.60. The van der Waals surface area contributed by atoms with Crippen LogP contribution in [0.3, 0.4) is 0 Å². The number of likely N-dealkylation sites (tertiary alicyclic amines) is 1. The molecule has 0 aliphatic carbocycles. The van der Waals surface area contributed by atoms with Crippen molar-refractivity contribution < 1.29 is 0 Å². The van der Waals surface area contributed by atoms with Crippen LogP contribution in [0.25, 0.3) is 22.6 Å². The van der Waals surface area contributed by atoms with Crippen molar-refractivity contribution in [2.24, 2.45) is 0 Å². The number of nitrogens with zero attached hydrogens (tertiary/aromatic N) is 4. The fraction of sp³-hybridized carbons (Fsp3) is 0.500. The summed E-state index contributed by atoms with van der Waals surface area (Å²) in [5.41, 5.74) is 4.87. The van der Waals surface area contributed by atoms with Crippen LogP contribution < -0.4 is 5.32 Å². The maximum absolute atomic E-state index is 8.97. The first-order valence-corrected chi connectivity index (χ1v) is 10.5. The predicted molar refractivity (Wildman–Crippen MR) is 116 cm³/mol. The van der Waals surface area contributed by atoms with E-state index in [0.717, 1.165) is 59.7 Å². The van der Waals surface area contributed by atoms with Crippen molar-refractivity contribution in [2.45, 2.75) is 64.6 Å². The van der Waals surface area contributed by atoms with E-state index in [2.05, 4.69) is 63.5 Å². The highest BCUT2D eigenvalue weighted by atomic mass is 15.2. The van der Waals surface area contributed by atoms with Crippen molar-refractivity contribution in [1.29, 1.82) is 5.26 Å². The number of piperidine rings is 1. The van der Waals surface area contributed by atoms with Gasteiger partial charge in [0.25, 0.3) is 0 Å². The molecule has 0 bridgehead atoms. The molecular weight excluding hydrogens is 362 g/mol. The lowest BCUT2D eigenvalue weighted by atomic mass is 9.90. The van der Waals surface area contributed by atoms with Gasteiger partial charge in [0.05, 0.1) is 17.3 Å². The zero-order valence-corrected chi connectivity index (χ0v) is 17.4. The molecule has 3 N–H and O–H groups in total. The Hall–Kier alpha value is -2.85. The number of H-pyrrole nitrogens is 2. The second kappa shape index (κ2) is 8.26. The second-order valence-electron chi connectivity index (χ2n) is 8.09. The third-order valence-electron chi connectivity index (χ3n) is 5.99. The molecule has 7 heteroatoms. The molecule has 3 atom stereocenters. The van der Waals surface area contributed by atoms with Crippen LogP contribution in [0.4, 0.5) is 5.69 Å². The number of hydrogen-bond donors (Lipinski definition) is 3. The number of aromatic amines is 2. The monoisotopic (exact) mass is 391 g/mol. The highest BCUT2D eigenvalue weighted by molar-refractivity contribution is 5.90. The standard InChI is InChI=1S/C22H29N7/c1-4-17-13-16(12-15(3)29(17)10-6-9-23)24-18-7-5-8-19-21(18)26-22(25-19)20-11-14(2)27-28-20/h5,7-8,11,15-17,24H,4,6,10,12-13H2,1-3H3,(H,25,26)(H,27,28)/t15-,16-,17+/m0/s1. The Morgan fingerprint density at radius 2 is 2.21 bits per heavy atom. The largest absolute Gasteiger partial charge is 0.380 e. The molecule has 0 spiro atoms. The molecule has 0 saturated carbocycles. The molecule has 1 fully saturated rings. The number of benzene rings is 1. The lowest BCUT2D eigenvalue weighted by molar-refractivity contribution is 0.0860. The van der Waals surface area contributed by atoms with Crippen molar-refractivity contribution >= 4 is 16.7 Å². The number of aromatic nitrogens is 4. The van der Waals surface area contributed by atoms with Crippen molar-refractivity contribution in [3.05, 3.63) is 30.0 Å². The van der Waals surface area contributed by atoms with E-state index < -0.39 is 0 Å². The first-order chi connectivity index (χ1) is 14.1. The molecule has 0 radical (unpaired) electrons. The Morgan fingerprint density at radius 1 is 1.34 bits per heavy atom.